The van der Waals surface area contributed by atoms with Crippen LogP contribution in [0.4, 0.5) is 0 Å². The van der Waals surface area contributed by atoms with Gasteiger partial charge in [0.05, 0.1) is 13.2 Å². The highest BCUT2D eigenvalue weighted by atomic mass is 16.5. The van der Waals surface area contributed by atoms with E-state index in [1.54, 1.807) is 0 Å². The third kappa shape index (κ3) is 1.00. The standard InChI is InChI=1S/C9H17NO/c1-7-5-8-9(7,2)6-11-4-3-10-8/h7-8,10H,3-6H2,1-2H3. The number of nitrogens with one attached hydrogen (secondary N) is 1. The van der Waals surface area contributed by atoms with Crippen molar-refractivity contribution < 1.29 is 4.74 Å². The number of hydrogen-bond acceptors (Lipinski definition) is 2. The highest BCUT2D eigenvalue weighted by Gasteiger charge is 2.49. The second-order valence-electron chi connectivity index (χ2n) is 4.20. The molecule has 1 N–H and O–H groups in total. The monoisotopic (exact) mass is 155 g/mol. The van der Waals surface area contributed by atoms with Crippen molar-refractivity contribution in [3.63, 3.8) is 0 Å². The van der Waals surface area contributed by atoms with Gasteiger partial charge in [-0.3, -0.25) is 0 Å². The first-order chi connectivity index (χ1) is 5.23. The van der Waals surface area contributed by atoms with Crippen LogP contribution in [0.1, 0.15) is 20.3 Å². The van der Waals surface area contributed by atoms with Crippen LogP contribution in [0, 0.1) is 11.3 Å². The van der Waals surface area contributed by atoms with Crippen molar-refractivity contribution in [1.82, 2.24) is 5.32 Å². The Hall–Kier alpha value is -0.0800. The van der Waals surface area contributed by atoms with Crippen molar-refractivity contribution in [3.8, 4) is 0 Å². The fraction of sp³-hybridized carbons (Fsp3) is 1.00. The zero-order chi connectivity index (χ0) is 7.90. The van der Waals surface area contributed by atoms with E-state index in [1.807, 2.05) is 0 Å². The number of hydrogen-bond donors (Lipinski definition) is 1. The molecule has 2 heteroatoms. The second kappa shape index (κ2) is 2.46. The fourth-order valence-electron chi connectivity index (χ4n) is 2.23. The fourth-order valence-corrected chi connectivity index (χ4v) is 2.23. The lowest BCUT2D eigenvalue weighted by Crippen LogP contribution is -2.58. The predicted molar refractivity (Wildman–Crippen MR) is 44.5 cm³/mol. The summed E-state index contributed by atoms with van der Waals surface area (Å²) in [6.07, 6.45) is 1.33. The molecule has 0 bridgehead atoms. The van der Waals surface area contributed by atoms with E-state index in [9.17, 15) is 0 Å². The molecule has 3 atom stereocenters. The van der Waals surface area contributed by atoms with Crippen molar-refractivity contribution in [1.29, 1.82) is 0 Å². The molecule has 0 aromatic carbocycles. The first-order valence-corrected chi connectivity index (χ1v) is 4.54. The SMILES string of the molecule is CC1CC2NCCOCC12C. The summed E-state index contributed by atoms with van der Waals surface area (Å²) in [5, 5.41) is 3.53. The van der Waals surface area contributed by atoms with Gasteiger partial charge < -0.3 is 10.1 Å². The average Bonchev–Trinajstić information content (AvgIpc) is 2.13. The second-order valence-corrected chi connectivity index (χ2v) is 4.20. The van der Waals surface area contributed by atoms with E-state index < -0.39 is 0 Å². The Bertz CT molecular complexity index is 160. The summed E-state index contributed by atoms with van der Waals surface area (Å²) in [7, 11) is 0. The molecular formula is C9H17NO. The molecule has 1 aliphatic heterocycles. The molecule has 2 fully saturated rings. The lowest BCUT2D eigenvalue weighted by Gasteiger charge is -2.51. The van der Waals surface area contributed by atoms with Gasteiger partial charge in [0, 0.05) is 18.0 Å². The Balaban J connectivity index is 2.07. The van der Waals surface area contributed by atoms with Crippen LogP contribution in [-0.2, 0) is 4.74 Å². The summed E-state index contributed by atoms with van der Waals surface area (Å²) in [6.45, 7) is 7.54. The molecule has 2 rings (SSSR count). The molecule has 2 nitrogen and oxygen atoms in total. The Labute approximate surface area is 68.3 Å². The first-order valence-electron chi connectivity index (χ1n) is 4.54. The molecule has 3 unspecified atom stereocenters. The van der Waals surface area contributed by atoms with Crippen molar-refractivity contribution in [2.24, 2.45) is 11.3 Å². The normalized spacial score (nSPS) is 50.7. The van der Waals surface area contributed by atoms with Gasteiger partial charge in [0.25, 0.3) is 0 Å². The Morgan fingerprint density at radius 2 is 2.36 bits per heavy atom. The van der Waals surface area contributed by atoms with Gasteiger partial charge in [-0.1, -0.05) is 13.8 Å². The van der Waals surface area contributed by atoms with Crippen LogP contribution in [0.2, 0.25) is 0 Å². The molecule has 1 saturated carbocycles. The molecule has 64 valence electrons. The maximum Gasteiger partial charge on any atom is 0.0591 e. The van der Waals surface area contributed by atoms with E-state index in [0.717, 1.165) is 31.7 Å². The minimum Gasteiger partial charge on any atom is -0.379 e. The molecule has 1 saturated heterocycles. The largest absolute Gasteiger partial charge is 0.379 e. The van der Waals surface area contributed by atoms with Crippen molar-refractivity contribution >= 4 is 0 Å². The molecule has 0 aromatic heterocycles. The maximum atomic E-state index is 5.54. The van der Waals surface area contributed by atoms with Crippen LogP contribution in [0.15, 0.2) is 0 Å². The first kappa shape index (κ1) is 7.56. The van der Waals surface area contributed by atoms with Gasteiger partial charge in [-0.05, 0) is 12.3 Å². The molecule has 1 aliphatic carbocycles. The van der Waals surface area contributed by atoms with Crippen LogP contribution >= 0.6 is 0 Å². The van der Waals surface area contributed by atoms with Crippen LogP contribution < -0.4 is 5.32 Å². The van der Waals surface area contributed by atoms with Crippen molar-refractivity contribution in [3.05, 3.63) is 0 Å². The molecule has 2 aliphatic rings. The van der Waals surface area contributed by atoms with E-state index in [2.05, 4.69) is 19.2 Å². The smallest absolute Gasteiger partial charge is 0.0591 e. The van der Waals surface area contributed by atoms with E-state index in [0.29, 0.717) is 5.41 Å². The average molecular weight is 155 g/mol. The minimum absolute atomic E-state index is 0.427. The summed E-state index contributed by atoms with van der Waals surface area (Å²) in [4.78, 5) is 0. The lowest BCUT2D eigenvalue weighted by molar-refractivity contribution is -0.0422. The molecule has 0 spiro atoms. The summed E-state index contributed by atoms with van der Waals surface area (Å²) in [5.41, 5.74) is 0.427. The van der Waals surface area contributed by atoms with Gasteiger partial charge in [-0.15, -0.1) is 0 Å². The van der Waals surface area contributed by atoms with E-state index in [1.165, 1.54) is 6.42 Å². The predicted octanol–water partition coefficient (Wildman–Crippen LogP) is 1.02. The van der Waals surface area contributed by atoms with E-state index >= 15 is 0 Å². The number of fused-ring (bicyclic) bond motifs is 1. The van der Waals surface area contributed by atoms with Gasteiger partial charge in [-0.2, -0.15) is 0 Å². The van der Waals surface area contributed by atoms with Crippen LogP contribution in [0.3, 0.4) is 0 Å². The van der Waals surface area contributed by atoms with Crippen LogP contribution in [0.5, 0.6) is 0 Å². The molecule has 0 radical (unpaired) electrons. The van der Waals surface area contributed by atoms with Crippen molar-refractivity contribution in [2.45, 2.75) is 26.3 Å². The summed E-state index contributed by atoms with van der Waals surface area (Å²) >= 11 is 0. The summed E-state index contributed by atoms with van der Waals surface area (Å²) in [5.74, 6) is 0.832. The Kier molecular flexibility index (Phi) is 1.69. The molecule has 0 amide bonds. The quantitative estimate of drug-likeness (QED) is 0.564. The number of ether oxygens (including phenoxy) is 1. The molecule has 0 aromatic rings. The summed E-state index contributed by atoms with van der Waals surface area (Å²) < 4.78 is 5.54. The van der Waals surface area contributed by atoms with Gasteiger partial charge in [-0.25, -0.2) is 0 Å². The van der Waals surface area contributed by atoms with E-state index in [-0.39, 0.29) is 0 Å². The highest BCUT2D eigenvalue weighted by Crippen LogP contribution is 2.46. The third-order valence-corrected chi connectivity index (χ3v) is 3.56. The Morgan fingerprint density at radius 3 is 3.09 bits per heavy atom. The van der Waals surface area contributed by atoms with Gasteiger partial charge in [0.15, 0.2) is 0 Å². The zero-order valence-corrected chi connectivity index (χ0v) is 7.39. The van der Waals surface area contributed by atoms with Gasteiger partial charge >= 0.3 is 0 Å². The third-order valence-electron chi connectivity index (χ3n) is 3.56. The van der Waals surface area contributed by atoms with Crippen molar-refractivity contribution in [2.75, 3.05) is 19.8 Å². The highest BCUT2D eigenvalue weighted by molar-refractivity contribution is 5.02. The van der Waals surface area contributed by atoms with Gasteiger partial charge in [0.2, 0.25) is 0 Å². The maximum absolute atomic E-state index is 5.54. The van der Waals surface area contributed by atoms with Gasteiger partial charge in [0.1, 0.15) is 0 Å². The lowest BCUT2D eigenvalue weighted by atomic mass is 9.59. The molecule has 1 heterocycles. The van der Waals surface area contributed by atoms with Crippen LogP contribution in [-0.4, -0.2) is 25.8 Å². The zero-order valence-electron chi connectivity index (χ0n) is 7.39. The minimum atomic E-state index is 0.427. The van der Waals surface area contributed by atoms with Crippen LogP contribution in [0.25, 0.3) is 0 Å². The number of rotatable bonds is 0. The molecular weight excluding hydrogens is 138 g/mol. The van der Waals surface area contributed by atoms with E-state index in [4.69, 9.17) is 4.74 Å². The Morgan fingerprint density at radius 1 is 1.55 bits per heavy atom. The summed E-state index contributed by atoms with van der Waals surface area (Å²) in [6, 6.07) is 0.722. The molecule has 11 heavy (non-hydrogen) atoms. The topological polar surface area (TPSA) is 21.3 Å².